The third-order valence-corrected chi connectivity index (χ3v) is 5.05. The summed E-state index contributed by atoms with van der Waals surface area (Å²) in [5.74, 6) is 0.215. The minimum atomic E-state index is -0.318. The zero-order valence-corrected chi connectivity index (χ0v) is 14.4. The lowest BCUT2D eigenvalue weighted by Gasteiger charge is -2.36. The first-order valence-electron chi connectivity index (χ1n) is 8.05. The Balaban J connectivity index is 1.74. The molecule has 1 aliphatic rings. The average molecular weight is 328 g/mol. The Kier molecular flexibility index (Phi) is 4.45. The summed E-state index contributed by atoms with van der Waals surface area (Å²) in [5.41, 5.74) is 3.44. The van der Waals surface area contributed by atoms with E-state index in [1.807, 2.05) is 36.2 Å². The van der Waals surface area contributed by atoms with Gasteiger partial charge in [0.25, 0.3) is 0 Å². The van der Waals surface area contributed by atoms with Crippen molar-refractivity contribution < 1.29 is 4.79 Å². The molecule has 2 nitrogen and oxygen atoms in total. The number of nitrogens with zero attached hydrogens (tertiary/aromatic N) is 1. The van der Waals surface area contributed by atoms with E-state index in [1.165, 1.54) is 11.1 Å². The maximum absolute atomic E-state index is 13.0. The lowest BCUT2D eigenvalue weighted by molar-refractivity contribution is -0.141. The number of fused-ring (bicyclic) bond motifs is 1. The first-order valence-corrected chi connectivity index (χ1v) is 8.42. The number of carbonyl (C=O) groups excluding carboxylic acids is 1. The molecule has 1 amide bonds. The molecule has 1 unspecified atom stereocenters. The molecule has 1 atom stereocenters. The molecule has 0 saturated carbocycles. The molecule has 0 aromatic heterocycles. The number of benzene rings is 2. The van der Waals surface area contributed by atoms with Gasteiger partial charge < -0.3 is 4.90 Å². The first-order chi connectivity index (χ1) is 11.0. The minimum Gasteiger partial charge on any atom is -0.341 e. The molecule has 120 valence electrons. The van der Waals surface area contributed by atoms with E-state index in [1.54, 1.807) is 0 Å². The summed E-state index contributed by atoms with van der Waals surface area (Å²) in [6.07, 6.45) is 2.70. The van der Waals surface area contributed by atoms with Crippen LogP contribution in [0.15, 0.2) is 48.5 Å². The van der Waals surface area contributed by atoms with Gasteiger partial charge in [0.05, 0.1) is 5.41 Å². The van der Waals surface area contributed by atoms with Crippen molar-refractivity contribution in [3.63, 3.8) is 0 Å². The second kappa shape index (κ2) is 6.37. The zero-order chi connectivity index (χ0) is 16.4. The molecule has 0 radical (unpaired) electrons. The molecule has 0 saturated heterocycles. The van der Waals surface area contributed by atoms with Gasteiger partial charge in [0.15, 0.2) is 0 Å². The summed E-state index contributed by atoms with van der Waals surface area (Å²) in [7, 11) is 1.88. The second-order valence-corrected chi connectivity index (χ2v) is 7.23. The summed E-state index contributed by atoms with van der Waals surface area (Å²) in [6.45, 7) is 2.69. The number of rotatable bonds is 3. The summed E-state index contributed by atoms with van der Waals surface area (Å²) in [6, 6.07) is 16.2. The number of amides is 1. The van der Waals surface area contributed by atoms with Crippen molar-refractivity contribution in [2.24, 2.45) is 5.41 Å². The number of carbonyl (C=O) groups is 1. The van der Waals surface area contributed by atoms with Gasteiger partial charge >= 0.3 is 0 Å². The molecular weight excluding hydrogens is 306 g/mol. The monoisotopic (exact) mass is 327 g/mol. The number of halogens is 1. The molecule has 3 heteroatoms. The predicted octanol–water partition coefficient (Wildman–Crippen LogP) is 4.49. The van der Waals surface area contributed by atoms with Gasteiger partial charge in [-0.15, -0.1) is 0 Å². The second-order valence-electron chi connectivity index (χ2n) is 6.80. The van der Waals surface area contributed by atoms with Crippen LogP contribution in [0.4, 0.5) is 0 Å². The van der Waals surface area contributed by atoms with E-state index in [9.17, 15) is 4.79 Å². The highest BCUT2D eigenvalue weighted by Crippen LogP contribution is 2.36. The molecule has 0 bridgehead atoms. The smallest absolute Gasteiger partial charge is 0.228 e. The molecule has 0 N–H and O–H groups in total. The van der Waals surface area contributed by atoms with E-state index in [0.29, 0.717) is 11.6 Å². The lowest BCUT2D eigenvalue weighted by atomic mass is 9.72. The molecule has 1 aliphatic carbocycles. The molecule has 3 rings (SSSR count). The topological polar surface area (TPSA) is 20.3 Å². The molecule has 0 heterocycles. The van der Waals surface area contributed by atoms with Gasteiger partial charge in [-0.3, -0.25) is 4.79 Å². The highest BCUT2D eigenvalue weighted by atomic mass is 35.5. The molecule has 0 fully saturated rings. The Morgan fingerprint density at radius 2 is 1.91 bits per heavy atom. The molecule has 23 heavy (non-hydrogen) atoms. The van der Waals surface area contributed by atoms with Crippen LogP contribution in [0.2, 0.25) is 5.02 Å². The van der Waals surface area contributed by atoms with E-state index in [2.05, 4.69) is 31.2 Å². The summed E-state index contributed by atoms with van der Waals surface area (Å²) < 4.78 is 0. The fourth-order valence-corrected chi connectivity index (χ4v) is 3.73. The Bertz CT molecular complexity index is 727. The van der Waals surface area contributed by atoms with Crippen LogP contribution in [0.5, 0.6) is 0 Å². The van der Waals surface area contributed by atoms with Crippen LogP contribution in [0.3, 0.4) is 0 Å². The van der Waals surface area contributed by atoms with Gasteiger partial charge in [0, 0.05) is 18.6 Å². The van der Waals surface area contributed by atoms with E-state index in [0.717, 1.165) is 24.8 Å². The molecular formula is C20H22ClNO. The van der Waals surface area contributed by atoms with Gasteiger partial charge in [0.1, 0.15) is 0 Å². The van der Waals surface area contributed by atoms with Crippen LogP contribution in [-0.2, 0) is 24.2 Å². The summed E-state index contributed by atoms with van der Waals surface area (Å²) in [4.78, 5) is 14.8. The molecule has 0 aliphatic heterocycles. The van der Waals surface area contributed by atoms with Crippen LogP contribution in [0.1, 0.15) is 30.0 Å². The number of aryl methyl sites for hydroxylation is 1. The SMILES string of the molecule is CN(Cc1cccc(Cl)c1)C(=O)C1(C)CCc2ccccc2C1. The lowest BCUT2D eigenvalue weighted by Crippen LogP contribution is -2.43. The Morgan fingerprint density at radius 3 is 2.65 bits per heavy atom. The standard InChI is InChI=1S/C20H22ClNO/c1-20(11-10-16-7-3-4-8-17(16)13-20)19(23)22(2)14-15-6-5-9-18(21)12-15/h3-9,12H,10-11,13-14H2,1-2H3. The van der Waals surface area contributed by atoms with Crippen molar-refractivity contribution in [2.45, 2.75) is 32.7 Å². The predicted molar refractivity (Wildman–Crippen MR) is 94.5 cm³/mol. The minimum absolute atomic E-state index is 0.215. The fraction of sp³-hybridized carbons (Fsp3) is 0.350. The van der Waals surface area contributed by atoms with E-state index in [-0.39, 0.29) is 11.3 Å². The Hall–Kier alpha value is -1.80. The fourth-order valence-electron chi connectivity index (χ4n) is 3.52. The maximum atomic E-state index is 13.0. The third kappa shape index (κ3) is 3.42. The van der Waals surface area contributed by atoms with Crippen molar-refractivity contribution in [1.29, 1.82) is 0 Å². The first kappa shape index (κ1) is 16.1. The van der Waals surface area contributed by atoms with Crippen molar-refractivity contribution in [3.8, 4) is 0 Å². The summed E-state index contributed by atoms with van der Waals surface area (Å²) in [5, 5.41) is 0.709. The molecule has 2 aromatic carbocycles. The molecule has 0 spiro atoms. The van der Waals surface area contributed by atoms with Crippen molar-refractivity contribution in [1.82, 2.24) is 4.90 Å². The van der Waals surface area contributed by atoms with Gasteiger partial charge in [-0.05, 0) is 48.1 Å². The number of hydrogen-bond acceptors (Lipinski definition) is 1. The summed E-state index contributed by atoms with van der Waals surface area (Å²) >= 11 is 6.04. The number of hydrogen-bond donors (Lipinski definition) is 0. The van der Waals surface area contributed by atoms with Crippen LogP contribution in [-0.4, -0.2) is 17.9 Å². The van der Waals surface area contributed by atoms with Crippen LogP contribution < -0.4 is 0 Å². The van der Waals surface area contributed by atoms with Gasteiger partial charge in [-0.25, -0.2) is 0 Å². The highest BCUT2D eigenvalue weighted by Gasteiger charge is 2.38. The third-order valence-electron chi connectivity index (χ3n) is 4.82. The average Bonchev–Trinajstić information content (AvgIpc) is 2.54. The maximum Gasteiger partial charge on any atom is 0.228 e. The van der Waals surface area contributed by atoms with Gasteiger partial charge in [-0.2, -0.15) is 0 Å². The molecule has 2 aromatic rings. The van der Waals surface area contributed by atoms with Gasteiger partial charge in [0.2, 0.25) is 5.91 Å². The van der Waals surface area contributed by atoms with E-state index < -0.39 is 0 Å². The van der Waals surface area contributed by atoms with E-state index >= 15 is 0 Å². The van der Waals surface area contributed by atoms with Gasteiger partial charge in [-0.1, -0.05) is 54.9 Å². The quantitative estimate of drug-likeness (QED) is 0.813. The van der Waals surface area contributed by atoms with Crippen LogP contribution in [0.25, 0.3) is 0 Å². The normalized spacial score (nSPS) is 20.0. The highest BCUT2D eigenvalue weighted by molar-refractivity contribution is 6.30. The van der Waals surface area contributed by atoms with Crippen LogP contribution >= 0.6 is 11.6 Å². The zero-order valence-electron chi connectivity index (χ0n) is 13.7. The van der Waals surface area contributed by atoms with Crippen molar-refractivity contribution in [3.05, 3.63) is 70.2 Å². The van der Waals surface area contributed by atoms with Crippen LogP contribution in [0, 0.1) is 5.41 Å². The Labute approximate surface area is 143 Å². The van der Waals surface area contributed by atoms with Crippen molar-refractivity contribution >= 4 is 17.5 Å². The largest absolute Gasteiger partial charge is 0.341 e. The Morgan fingerprint density at radius 1 is 1.17 bits per heavy atom. The van der Waals surface area contributed by atoms with Crippen molar-refractivity contribution in [2.75, 3.05) is 7.05 Å². The van der Waals surface area contributed by atoms with E-state index in [4.69, 9.17) is 11.6 Å².